The molecule has 0 radical (unpaired) electrons. The number of nitrogens with zero attached hydrogens (tertiary/aromatic N) is 3. The number of carbonyl (C=O) groups excluding carboxylic acids is 2. The van der Waals surface area contributed by atoms with Gasteiger partial charge in [-0.1, -0.05) is 54.6 Å². The van der Waals surface area contributed by atoms with Gasteiger partial charge in [-0.3, -0.25) is 4.79 Å². The molecular formula is C39H50N4O9. The van der Waals surface area contributed by atoms with E-state index in [1.54, 1.807) is 4.90 Å². The summed E-state index contributed by atoms with van der Waals surface area (Å²) in [5.41, 5.74) is 5.73. The van der Waals surface area contributed by atoms with Crippen molar-refractivity contribution in [2.24, 2.45) is 0 Å². The van der Waals surface area contributed by atoms with Crippen molar-refractivity contribution in [1.29, 1.82) is 0 Å². The molecule has 5 rings (SSSR count). The van der Waals surface area contributed by atoms with Gasteiger partial charge in [0.25, 0.3) is 5.09 Å². The zero-order valence-electron chi connectivity index (χ0n) is 29.9. The molecule has 3 aromatic carbocycles. The first kappa shape index (κ1) is 38.4. The van der Waals surface area contributed by atoms with Crippen LogP contribution < -0.4 is 15.0 Å². The van der Waals surface area contributed by atoms with Crippen LogP contribution in [-0.2, 0) is 43.5 Å². The van der Waals surface area contributed by atoms with Gasteiger partial charge >= 0.3 is 6.09 Å². The third kappa shape index (κ3) is 12.1. The third-order valence-corrected chi connectivity index (χ3v) is 9.23. The molecule has 2 heterocycles. The van der Waals surface area contributed by atoms with Crippen molar-refractivity contribution in [2.75, 3.05) is 64.1 Å². The molecule has 3 aromatic rings. The number of hydrogen-bond donors (Lipinski definition) is 1. The SMILES string of the molecule is CC(=O)NCCN1CCCc2ccc(COC3CN(C(=O)OCCCO[N+](=O)[O-])CCC3c3ccc(OCCCOCc4ccccc4)cc3)cc21. The zero-order valence-corrected chi connectivity index (χ0v) is 29.9. The van der Waals surface area contributed by atoms with Crippen molar-refractivity contribution < 1.29 is 38.5 Å². The van der Waals surface area contributed by atoms with Gasteiger partial charge < -0.3 is 38.9 Å². The highest BCUT2D eigenvalue weighted by Gasteiger charge is 2.34. The number of carbonyl (C=O) groups is 2. The summed E-state index contributed by atoms with van der Waals surface area (Å²) in [4.78, 5) is 43.1. The molecule has 2 unspecified atom stereocenters. The number of rotatable bonds is 19. The molecule has 0 aliphatic carbocycles. The molecule has 2 atom stereocenters. The Hall–Kier alpha value is -4.88. The van der Waals surface area contributed by atoms with Gasteiger partial charge in [-0.2, -0.15) is 0 Å². The van der Waals surface area contributed by atoms with E-state index in [-0.39, 0.29) is 37.6 Å². The van der Waals surface area contributed by atoms with Crippen LogP contribution in [0.2, 0.25) is 0 Å². The lowest BCUT2D eigenvalue weighted by Crippen LogP contribution is -2.47. The number of likely N-dealkylation sites (tertiary alicyclic amines) is 1. The van der Waals surface area contributed by atoms with Crippen LogP contribution >= 0.6 is 0 Å². The summed E-state index contributed by atoms with van der Waals surface area (Å²) in [5, 5.41) is 12.4. The highest BCUT2D eigenvalue weighted by atomic mass is 16.9. The fourth-order valence-electron chi connectivity index (χ4n) is 6.60. The van der Waals surface area contributed by atoms with Gasteiger partial charge in [-0.25, -0.2) is 4.79 Å². The van der Waals surface area contributed by atoms with Crippen molar-refractivity contribution in [3.8, 4) is 5.75 Å². The first-order valence-electron chi connectivity index (χ1n) is 18.1. The van der Waals surface area contributed by atoms with E-state index in [0.29, 0.717) is 52.5 Å². The third-order valence-electron chi connectivity index (χ3n) is 9.23. The molecule has 1 saturated heterocycles. The predicted molar refractivity (Wildman–Crippen MR) is 195 cm³/mol. The summed E-state index contributed by atoms with van der Waals surface area (Å²) in [6, 6.07) is 24.6. The van der Waals surface area contributed by atoms with Crippen LogP contribution in [0.15, 0.2) is 72.8 Å². The van der Waals surface area contributed by atoms with E-state index in [4.69, 9.17) is 18.9 Å². The molecule has 0 aromatic heterocycles. The van der Waals surface area contributed by atoms with Crippen molar-refractivity contribution in [3.63, 3.8) is 0 Å². The lowest BCUT2D eigenvalue weighted by molar-refractivity contribution is -0.757. The standard InChI is InChI=1S/C39H50N4O9/c1-30(44)40-18-21-41-19-5-10-34-12-11-32(26-37(34)41)29-51-38-27-42(39(45)50-24-7-25-52-43(46)47)20-17-36(38)33-13-15-35(16-14-33)49-23-6-22-48-28-31-8-3-2-4-9-31/h2-4,8-9,11-16,26,36,38H,5-7,10,17-25,27-29H2,1H3,(H,40,44). The molecule has 1 fully saturated rings. The van der Waals surface area contributed by atoms with Crippen LogP contribution in [0.1, 0.15) is 60.8 Å². The Morgan fingerprint density at radius 1 is 0.923 bits per heavy atom. The van der Waals surface area contributed by atoms with E-state index in [1.165, 1.54) is 18.2 Å². The maximum Gasteiger partial charge on any atom is 0.409 e. The molecular weight excluding hydrogens is 668 g/mol. The smallest absolute Gasteiger partial charge is 0.409 e. The van der Waals surface area contributed by atoms with E-state index >= 15 is 0 Å². The zero-order chi connectivity index (χ0) is 36.5. The molecule has 13 heteroatoms. The lowest BCUT2D eigenvalue weighted by Gasteiger charge is -2.38. The number of fused-ring (bicyclic) bond motifs is 1. The van der Waals surface area contributed by atoms with Crippen molar-refractivity contribution in [2.45, 2.75) is 64.3 Å². The molecule has 52 heavy (non-hydrogen) atoms. The second-order valence-corrected chi connectivity index (χ2v) is 13.1. The van der Waals surface area contributed by atoms with Crippen LogP contribution in [0, 0.1) is 10.1 Å². The van der Waals surface area contributed by atoms with Gasteiger partial charge in [-0.15, -0.1) is 10.1 Å². The second kappa shape index (κ2) is 20.2. The van der Waals surface area contributed by atoms with E-state index in [2.05, 4.69) is 45.4 Å². The van der Waals surface area contributed by atoms with Crippen LogP contribution in [0.4, 0.5) is 10.5 Å². The Labute approximate surface area is 305 Å². The van der Waals surface area contributed by atoms with Crippen LogP contribution in [0.5, 0.6) is 5.75 Å². The molecule has 0 saturated carbocycles. The summed E-state index contributed by atoms with van der Waals surface area (Å²) in [7, 11) is 0. The number of amides is 2. The van der Waals surface area contributed by atoms with Gasteiger partial charge in [0.15, 0.2) is 0 Å². The Bertz CT molecular complexity index is 1570. The van der Waals surface area contributed by atoms with Crippen molar-refractivity contribution in [1.82, 2.24) is 10.2 Å². The maximum absolute atomic E-state index is 13.0. The number of ether oxygens (including phenoxy) is 4. The normalized spacial score (nSPS) is 16.9. The Balaban J connectivity index is 1.18. The van der Waals surface area contributed by atoms with E-state index in [1.807, 2.05) is 42.5 Å². The molecule has 2 aliphatic heterocycles. The average molecular weight is 719 g/mol. The highest BCUT2D eigenvalue weighted by molar-refractivity contribution is 5.72. The summed E-state index contributed by atoms with van der Waals surface area (Å²) in [5.74, 6) is 0.777. The van der Waals surface area contributed by atoms with Crippen molar-refractivity contribution >= 4 is 17.7 Å². The Morgan fingerprint density at radius 2 is 1.73 bits per heavy atom. The lowest BCUT2D eigenvalue weighted by atomic mass is 9.87. The van der Waals surface area contributed by atoms with Crippen LogP contribution in [0.3, 0.4) is 0 Å². The molecule has 0 bridgehead atoms. The minimum Gasteiger partial charge on any atom is -0.494 e. The minimum absolute atomic E-state index is 0.0201. The molecule has 2 aliphatic rings. The molecule has 1 N–H and O–H groups in total. The van der Waals surface area contributed by atoms with Crippen molar-refractivity contribution in [3.05, 3.63) is 105 Å². The number of benzene rings is 3. The van der Waals surface area contributed by atoms with Gasteiger partial charge in [0.05, 0.1) is 52.3 Å². The summed E-state index contributed by atoms with van der Waals surface area (Å²) >= 11 is 0. The Morgan fingerprint density at radius 3 is 2.52 bits per heavy atom. The summed E-state index contributed by atoms with van der Waals surface area (Å²) < 4.78 is 23.8. The monoisotopic (exact) mass is 718 g/mol. The molecule has 2 amide bonds. The highest BCUT2D eigenvalue weighted by Crippen LogP contribution is 2.34. The largest absolute Gasteiger partial charge is 0.494 e. The van der Waals surface area contributed by atoms with Gasteiger partial charge in [0, 0.05) is 57.5 Å². The predicted octanol–water partition coefficient (Wildman–Crippen LogP) is 5.67. The number of anilines is 1. The van der Waals surface area contributed by atoms with Crippen LogP contribution in [-0.4, -0.2) is 87.2 Å². The fraction of sp³-hybridized carbons (Fsp3) is 0.487. The quantitative estimate of drug-likeness (QED) is 0.0936. The molecule has 0 spiro atoms. The van der Waals surface area contributed by atoms with Crippen LogP contribution in [0.25, 0.3) is 0 Å². The number of aryl methyl sites for hydroxylation is 1. The van der Waals surface area contributed by atoms with Gasteiger partial charge in [0.2, 0.25) is 5.91 Å². The van der Waals surface area contributed by atoms with E-state index in [9.17, 15) is 19.7 Å². The Kier molecular flexibility index (Phi) is 14.9. The number of piperidine rings is 1. The topological polar surface area (TPSA) is 142 Å². The van der Waals surface area contributed by atoms with E-state index < -0.39 is 11.2 Å². The summed E-state index contributed by atoms with van der Waals surface area (Å²) in [6.45, 7) is 6.58. The summed E-state index contributed by atoms with van der Waals surface area (Å²) in [6.07, 6.45) is 2.96. The minimum atomic E-state index is -0.859. The average Bonchev–Trinajstić information content (AvgIpc) is 3.15. The van der Waals surface area contributed by atoms with E-state index in [0.717, 1.165) is 54.8 Å². The number of nitrogens with one attached hydrogen (secondary N) is 1. The molecule has 13 nitrogen and oxygen atoms in total. The maximum atomic E-state index is 13.0. The first-order chi connectivity index (χ1) is 25.4. The van der Waals surface area contributed by atoms with Gasteiger partial charge in [-0.05, 0) is 59.7 Å². The fourth-order valence-corrected chi connectivity index (χ4v) is 6.60. The molecule has 280 valence electrons. The number of hydrogen-bond acceptors (Lipinski definition) is 10. The van der Waals surface area contributed by atoms with Gasteiger partial charge in [0.1, 0.15) is 5.75 Å². The second-order valence-electron chi connectivity index (χ2n) is 13.1. The first-order valence-corrected chi connectivity index (χ1v) is 18.1.